The van der Waals surface area contributed by atoms with Crippen molar-refractivity contribution < 1.29 is 4.79 Å². The van der Waals surface area contributed by atoms with Crippen LogP contribution < -0.4 is 10.6 Å². The van der Waals surface area contributed by atoms with Crippen molar-refractivity contribution in [1.29, 1.82) is 0 Å². The number of nitrogens with one attached hydrogen (secondary N) is 2. The third-order valence-corrected chi connectivity index (χ3v) is 5.21. The summed E-state index contributed by atoms with van der Waals surface area (Å²) in [5.41, 5.74) is 0.847. The van der Waals surface area contributed by atoms with E-state index >= 15 is 0 Å². The lowest BCUT2D eigenvalue weighted by atomic mass is 9.88. The smallest absolute Gasteiger partial charge is 0.227 e. The molecule has 116 valence electrons. The number of imidazole rings is 1. The lowest BCUT2D eigenvalue weighted by molar-refractivity contribution is -0.121. The number of para-hydroxylation sites is 1. The lowest BCUT2D eigenvalue weighted by Gasteiger charge is -2.31. The molecule has 1 atom stereocenters. The topological polar surface area (TPSA) is 59.0 Å². The van der Waals surface area contributed by atoms with Crippen LogP contribution in [0, 0.1) is 11.8 Å². The number of anilines is 1. The minimum atomic E-state index is 0.0208. The fourth-order valence-corrected chi connectivity index (χ4v) is 3.22. The van der Waals surface area contributed by atoms with Crippen LogP contribution in [0.4, 0.5) is 5.69 Å². The first-order valence-electron chi connectivity index (χ1n) is 7.41. The van der Waals surface area contributed by atoms with Crippen molar-refractivity contribution in [2.75, 3.05) is 18.4 Å². The zero-order valence-corrected chi connectivity index (χ0v) is 13.6. The van der Waals surface area contributed by atoms with Crippen LogP contribution in [0.2, 0.25) is 0 Å². The van der Waals surface area contributed by atoms with Gasteiger partial charge in [0.05, 0.1) is 5.69 Å². The number of hydrogen-bond acceptors (Lipinski definition) is 4. The second-order valence-corrected chi connectivity index (χ2v) is 6.62. The van der Waals surface area contributed by atoms with Gasteiger partial charge < -0.3 is 15.2 Å². The molecular weight excluding hydrogens is 296 g/mol. The maximum absolute atomic E-state index is 12.4. The Morgan fingerprint density at radius 2 is 2.23 bits per heavy atom. The van der Waals surface area contributed by atoms with E-state index in [0.717, 1.165) is 28.8 Å². The highest BCUT2D eigenvalue weighted by molar-refractivity contribution is 7.99. The van der Waals surface area contributed by atoms with E-state index < -0.39 is 0 Å². The Bertz CT molecular complexity index is 666. The first-order valence-corrected chi connectivity index (χ1v) is 8.22. The summed E-state index contributed by atoms with van der Waals surface area (Å²) in [5, 5.41) is 7.18. The van der Waals surface area contributed by atoms with Crippen LogP contribution in [0.3, 0.4) is 0 Å². The van der Waals surface area contributed by atoms with Gasteiger partial charge >= 0.3 is 0 Å². The van der Waals surface area contributed by atoms with E-state index in [-0.39, 0.29) is 11.8 Å². The zero-order valence-electron chi connectivity index (χ0n) is 12.7. The Morgan fingerprint density at radius 3 is 2.86 bits per heavy atom. The number of amides is 1. The monoisotopic (exact) mass is 316 g/mol. The van der Waals surface area contributed by atoms with Gasteiger partial charge in [0.1, 0.15) is 0 Å². The van der Waals surface area contributed by atoms with Gasteiger partial charge in [-0.1, -0.05) is 19.1 Å². The molecule has 1 aliphatic rings. The number of carbonyl (C=O) groups is 1. The highest BCUT2D eigenvalue weighted by Crippen LogP contribution is 2.32. The number of hydrogen-bond donors (Lipinski definition) is 2. The van der Waals surface area contributed by atoms with Crippen molar-refractivity contribution in [1.82, 2.24) is 14.9 Å². The van der Waals surface area contributed by atoms with Gasteiger partial charge in [-0.25, -0.2) is 4.98 Å². The van der Waals surface area contributed by atoms with Crippen LogP contribution in [-0.4, -0.2) is 28.5 Å². The molecule has 2 aromatic rings. The quantitative estimate of drug-likeness (QED) is 0.889. The van der Waals surface area contributed by atoms with Crippen molar-refractivity contribution in [2.45, 2.75) is 17.0 Å². The van der Waals surface area contributed by atoms with Gasteiger partial charge in [-0.3, -0.25) is 4.79 Å². The van der Waals surface area contributed by atoms with Crippen molar-refractivity contribution in [2.24, 2.45) is 18.9 Å². The molecular formula is C16H20N4OS. The molecule has 5 nitrogen and oxygen atoms in total. The molecule has 1 aliphatic heterocycles. The van der Waals surface area contributed by atoms with E-state index in [9.17, 15) is 4.79 Å². The number of aromatic nitrogens is 2. The van der Waals surface area contributed by atoms with E-state index in [1.165, 1.54) is 0 Å². The van der Waals surface area contributed by atoms with Gasteiger partial charge in [-0.05, 0) is 42.9 Å². The molecule has 2 heterocycles. The van der Waals surface area contributed by atoms with Crippen molar-refractivity contribution >= 4 is 23.4 Å². The molecule has 0 spiro atoms. The van der Waals surface area contributed by atoms with Gasteiger partial charge in [0.2, 0.25) is 5.91 Å². The Morgan fingerprint density at radius 1 is 1.45 bits per heavy atom. The Kier molecular flexibility index (Phi) is 4.49. The summed E-state index contributed by atoms with van der Waals surface area (Å²) in [5.74, 6) is 0.543. The molecule has 6 heteroatoms. The van der Waals surface area contributed by atoms with Crippen LogP contribution in [0.15, 0.2) is 46.7 Å². The number of aryl methyl sites for hydroxylation is 1. The third kappa shape index (κ3) is 3.18. The summed E-state index contributed by atoms with van der Waals surface area (Å²) in [6.07, 6.45) is 3.68. The van der Waals surface area contributed by atoms with Gasteiger partial charge in [0, 0.05) is 30.3 Å². The van der Waals surface area contributed by atoms with E-state index in [4.69, 9.17) is 0 Å². The maximum Gasteiger partial charge on any atom is 0.227 e. The molecule has 1 aromatic heterocycles. The molecule has 2 N–H and O–H groups in total. The molecule has 0 radical (unpaired) electrons. The first kappa shape index (κ1) is 15.1. The van der Waals surface area contributed by atoms with E-state index in [2.05, 4.69) is 15.6 Å². The average Bonchev–Trinajstić information content (AvgIpc) is 2.84. The SMILES string of the molecule is CC(C(=O)Nc1ccccc1Sc1nccn1C)C1CNC1. The van der Waals surface area contributed by atoms with Crippen molar-refractivity contribution in [3.8, 4) is 0 Å². The second kappa shape index (κ2) is 6.54. The fourth-order valence-electron chi connectivity index (χ4n) is 2.33. The Balaban J connectivity index is 1.73. The van der Waals surface area contributed by atoms with Crippen LogP contribution in [-0.2, 0) is 11.8 Å². The molecule has 1 saturated heterocycles. The van der Waals surface area contributed by atoms with Gasteiger partial charge in [0.25, 0.3) is 0 Å². The van der Waals surface area contributed by atoms with Crippen LogP contribution >= 0.6 is 11.8 Å². The molecule has 3 rings (SSSR count). The first-order chi connectivity index (χ1) is 10.6. The standard InChI is InChI=1S/C16H20N4OS/c1-11(12-9-17-10-12)15(21)19-13-5-3-4-6-14(13)22-16-18-7-8-20(16)2/h3-8,11-12,17H,9-10H2,1-2H3,(H,19,21). The van der Waals surface area contributed by atoms with E-state index in [0.29, 0.717) is 5.92 Å². The number of rotatable bonds is 5. The summed E-state index contributed by atoms with van der Waals surface area (Å²) in [6, 6.07) is 7.85. The number of nitrogens with zero attached hydrogens (tertiary/aromatic N) is 2. The van der Waals surface area contributed by atoms with Crippen LogP contribution in [0.1, 0.15) is 6.92 Å². The maximum atomic E-state index is 12.4. The molecule has 22 heavy (non-hydrogen) atoms. The van der Waals surface area contributed by atoms with E-state index in [1.807, 2.05) is 49.0 Å². The molecule has 1 fully saturated rings. The predicted octanol–water partition coefficient (Wildman–Crippen LogP) is 2.37. The summed E-state index contributed by atoms with van der Waals surface area (Å²) < 4.78 is 1.96. The fraction of sp³-hybridized carbons (Fsp3) is 0.375. The minimum absolute atomic E-state index is 0.0208. The van der Waals surface area contributed by atoms with Crippen molar-refractivity contribution in [3.05, 3.63) is 36.7 Å². The molecule has 0 saturated carbocycles. The largest absolute Gasteiger partial charge is 0.329 e. The molecule has 1 amide bonds. The lowest BCUT2D eigenvalue weighted by Crippen LogP contribution is -2.48. The Labute approximate surface area is 134 Å². The number of benzene rings is 1. The highest BCUT2D eigenvalue weighted by Gasteiger charge is 2.29. The molecule has 1 aromatic carbocycles. The third-order valence-electron chi connectivity index (χ3n) is 4.06. The second-order valence-electron chi connectivity index (χ2n) is 5.62. The van der Waals surface area contributed by atoms with Gasteiger partial charge in [0.15, 0.2) is 5.16 Å². The van der Waals surface area contributed by atoms with Gasteiger partial charge in [-0.2, -0.15) is 0 Å². The van der Waals surface area contributed by atoms with Crippen LogP contribution in [0.25, 0.3) is 0 Å². The Hall–Kier alpha value is -1.79. The van der Waals surface area contributed by atoms with Crippen LogP contribution in [0.5, 0.6) is 0 Å². The average molecular weight is 316 g/mol. The van der Waals surface area contributed by atoms with Crippen molar-refractivity contribution in [3.63, 3.8) is 0 Å². The predicted molar refractivity (Wildman–Crippen MR) is 87.9 cm³/mol. The normalized spacial score (nSPS) is 16.1. The summed E-state index contributed by atoms with van der Waals surface area (Å²) in [4.78, 5) is 17.7. The number of carbonyl (C=O) groups excluding carboxylic acids is 1. The summed E-state index contributed by atoms with van der Waals surface area (Å²) in [6.45, 7) is 3.85. The minimum Gasteiger partial charge on any atom is -0.329 e. The summed E-state index contributed by atoms with van der Waals surface area (Å²) in [7, 11) is 1.96. The van der Waals surface area contributed by atoms with E-state index in [1.54, 1.807) is 18.0 Å². The molecule has 0 aliphatic carbocycles. The van der Waals surface area contributed by atoms with Gasteiger partial charge in [-0.15, -0.1) is 0 Å². The zero-order chi connectivity index (χ0) is 15.5. The molecule has 0 bridgehead atoms. The molecule has 1 unspecified atom stereocenters. The summed E-state index contributed by atoms with van der Waals surface area (Å²) >= 11 is 1.55. The highest BCUT2D eigenvalue weighted by atomic mass is 32.2.